The molecule has 162 valence electrons. The minimum atomic E-state index is -0.194. The topological polar surface area (TPSA) is 88.5 Å². The number of aryl methyl sites for hydroxylation is 1. The van der Waals surface area contributed by atoms with Gasteiger partial charge in [0.05, 0.1) is 18.1 Å². The Balaban J connectivity index is 1.32. The van der Waals surface area contributed by atoms with Crippen LogP contribution < -0.4 is 25.8 Å². The number of aromatic nitrogens is 2. The van der Waals surface area contributed by atoms with E-state index >= 15 is 0 Å². The van der Waals surface area contributed by atoms with Crippen LogP contribution in [0.15, 0.2) is 53.3 Å². The second-order valence-corrected chi connectivity index (χ2v) is 7.73. The fourth-order valence-corrected chi connectivity index (χ4v) is 3.91. The van der Waals surface area contributed by atoms with Gasteiger partial charge in [0.25, 0.3) is 5.56 Å². The lowest BCUT2D eigenvalue weighted by Crippen LogP contribution is -2.49. The molecule has 2 heterocycles. The molecule has 8 nitrogen and oxygen atoms in total. The van der Waals surface area contributed by atoms with E-state index in [0.29, 0.717) is 25.5 Å². The highest BCUT2D eigenvalue weighted by Gasteiger charge is 2.24. The van der Waals surface area contributed by atoms with Crippen molar-refractivity contribution in [2.45, 2.75) is 25.4 Å². The number of nitrogens with one attached hydrogen (secondary N) is 2. The van der Waals surface area contributed by atoms with Gasteiger partial charge in [-0.05, 0) is 42.7 Å². The summed E-state index contributed by atoms with van der Waals surface area (Å²) >= 11 is 0. The Labute approximate surface area is 180 Å². The van der Waals surface area contributed by atoms with Gasteiger partial charge in [-0.25, -0.2) is 9.78 Å². The van der Waals surface area contributed by atoms with E-state index in [0.717, 1.165) is 35.2 Å². The number of para-hydroxylation sites is 2. The van der Waals surface area contributed by atoms with Gasteiger partial charge in [-0.15, -0.1) is 0 Å². The van der Waals surface area contributed by atoms with Crippen molar-refractivity contribution in [3.05, 3.63) is 64.4 Å². The number of hydrogen-bond donors (Lipinski definition) is 2. The Kier molecular flexibility index (Phi) is 6.06. The third-order valence-electron chi connectivity index (χ3n) is 5.68. The van der Waals surface area contributed by atoms with Crippen molar-refractivity contribution >= 4 is 22.9 Å². The normalized spacial score (nSPS) is 14.5. The van der Waals surface area contributed by atoms with E-state index in [1.54, 1.807) is 18.7 Å². The molecule has 1 aromatic heterocycles. The molecular formula is C23H27N5O3. The summed E-state index contributed by atoms with van der Waals surface area (Å²) in [7, 11) is 3.39. The van der Waals surface area contributed by atoms with Crippen LogP contribution in [-0.2, 0) is 13.6 Å². The van der Waals surface area contributed by atoms with Crippen LogP contribution in [0.4, 0.5) is 10.6 Å². The van der Waals surface area contributed by atoms with Gasteiger partial charge in [-0.2, -0.15) is 0 Å². The van der Waals surface area contributed by atoms with Crippen LogP contribution in [0.25, 0.3) is 11.0 Å². The molecule has 1 saturated heterocycles. The van der Waals surface area contributed by atoms with Gasteiger partial charge in [0, 0.05) is 32.7 Å². The smallest absolute Gasteiger partial charge is 0.315 e. The van der Waals surface area contributed by atoms with Gasteiger partial charge in [0.1, 0.15) is 5.75 Å². The molecule has 1 aliphatic rings. The van der Waals surface area contributed by atoms with Crippen molar-refractivity contribution < 1.29 is 9.53 Å². The van der Waals surface area contributed by atoms with E-state index < -0.39 is 0 Å². The zero-order valence-electron chi connectivity index (χ0n) is 17.8. The van der Waals surface area contributed by atoms with Crippen LogP contribution >= 0.6 is 0 Å². The summed E-state index contributed by atoms with van der Waals surface area (Å²) in [6.45, 7) is 1.77. The van der Waals surface area contributed by atoms with Gasteiger partial charge in [0.15, 0.2) is 5.82 Å². The van der Waals surface area contributed by atoms with Crippen molar-refractivity contribution in [3.8, 4) is 5.75 Å². The number of rotatable bonds is 5. The number of carbonyl (C=O) groups is 1. The van der Waals surface area contributed by atoms with Gasteiger partial charge in [-0.3, -0.25) is 4.79 Å². The lowest BCUT2D eigenvalue weighted by molar-refractivity contribution is 0.234. The number of methoxy groups -OCH3 is 1. The Hall–Kier alpha value is -3.55. The number of piperidine rings is 1. The highest BCUT2D eigenvalue weighted by Crippen LogP contribution is 2.18. The fraction of sp³-hybridized carbons (Fsp3) is 0.348. The standard InChI is InChI=1S/C23H27N5O3/c1-27-20-9-4-3-8-19(20)26-21(22(27)29)28-12-10-17(11-13-28)25-23(30)24-15-16-6-5-7-18(14-16)31-2/h3-9,14,17H,10-13,15H2,1-2H3,(H2,24,25,30). The molecule has 0 aliphatic carbocycles. The van der Waals surface area contributed by atoms with Crippen LogP contribution in [0.5, 0.6) is 5.75 Å². The van der Waals surface area contributed by atoms with E-state index in [2.05, 4.69) is 15.6 Å². The molecular weight excluding hydrogens is 394 g/mol. The molecule has 0 unspecified atom stereocenters. The maximum atomic E-state index is 12.8. The molecule has 31 heavy (non-hydrogen) atoms. The van der Waals surface area contributed by atoms with Crippen molar-refractivity contribution in [1.29, 1.82) is 0 Å². The maximum Gasteiger partial charge on any atom is 0.315 e. The first-order valence-corrected chi connectivity index (χ1v) is 10.4. The van der Waals surface area contributed by atoms with E-state index in [-0.39, 0.29) is 17.6 Å². The summed E-state index contributed by atoms with van der Waals surface area (Å²) < 4.78 is 6.85. The summed E-state index contributed by atoms with van der Waals surface area (Å²) in [5.74, 6) is 1.24. The average Bonchev–Trinajstić information content (AvgIpc) is 2.81. The Bertz CT molecular complexity index is 1140. The van der Waals surface area contributed by atoms with Crippen molar-refractivity contribution in [2.24, 2.45) is 7.05 Å². The quantitative estimate of drug-likeness (QED) is 0.661. The summed E-state index contributed by atoms with van der Waals surface area (Å²) in [6.07, 6.45) is 1.51. The average molecular weight is 422 g/mol. The second kappa shape index (κ2) is 9.07. The molecule has 2 amide bonds. The van der Waals surface area contributed by atoms with Crippen molar-refractivity contribution in [1.82, 2.24) is 20.2 Å². The van der Waals surface area contributed by atoms with Crippen LogP contribution in [-0.4, -0.2) is 41.8 Å². The highest BCUT2D eigenvalue weighted by molar-refractivity contribution is 5.76. The molecule has 3 aromatic rings. The number of fused-ring (bicyclic) bond motifs is 1. The Morgan fingerprint density at radius 3 is 2.71 bits per heavy atom. The number of ether oxygens (including phenoxy) is 1. The van der Waals surface area contributed by atoms with Gasteiger partial charge < -0.3 is 24.8 Å². The number of anilines is 1. The lowest BCUT2D eigenvalue weighted by atomic mass is 10.1. The van der Waals surface area contributed by atoms with Crippen LogP contribution in [0.1, 0.15) is 18.4 Å². The molecule has 2 N–H and O–H groups in total. The van der Waals surface area contributed by atoms with E-state index in [4.69, 9.17) is 4.74 Å². The third kappa shape index (κ3) is 4.63. The number of amides is 2. The molecule has 1 fully saturated rings. The minimum absolute atomic E-state index is 0.0610. The van der Waals surface area contributed by atoms with Crippen LogP contribution in [0.2, 0.25) is 0 Å². The summed E-state index contributed by atoms with van der Waals surface area (Å²) in [4.78, 5) is 31.7. The predicted octanol–water partition coefficient (Wildman–Crippen LogP) is 2.41. The number of benzene rings is 2. The summed E-state index contributed by atoms with van der Waals surface area (Å²) in [5.41, 5.74) is 2.50. The number of urea groups is 1. The first-order chi connectivity index (χ1) is 15.0. The third-order valence-corrected chi connectivity index (χ3v) is 5.68. The SMILES string of the molecule is COc1cccc(CNC(=O)NC2CCN(c3nc4ccccc4n(C)c3=O)CC2)c1. The largest absolute Gasteiger partial charge is 0.497 e. The zero-order chi connectivity index (χ0) is 21.8. The predicted molar refractivity (Wildman–Crippen MR) is 121 cm³/mol. The molecule has 8 heteroatoms. The summed E-state index contributed by atoms with van der Waals surface area (Å²) in [6, 6.07) is 15.1. The Morgan fingerprint density at radius 2 is 1.94 bits per heavy atom. The second-order valence-electron chi connectivity index (χ2n) is 7.73. The van der Waals surface area contributed by atoms with E-state index in [9.17, 15) is 9.59 Å². The van der Waals surface area contributed by atoms with Crippen LogP contribution in [0, 0.1) is 0 Å². The molecule has 0 spiro atoms. The molecule has 0 saturated carbocycles. The van der Waals surface area contributed by atoms with Gasteiger partial charge >= 0.3 is 6.03 Å². The van der Waals surface area contributed by atoms with Crippen molar-refractivity contribution in [2.75, 3.05) is 25.1 Å². The zero-order valence-corrected chi connectivity index (χ0v) is 17.8. The molecule has 0 radical (unpaired) electrons. The Morgan fingerprint density at radius 1 is 1.16 bits per heavy atom. The number of carbonyl (C=O) groups excluding carboxylic acids is 1. The monoisotopic (exact) mass is 421 g/mol. The maximum absolute atomic E-state index is 12.8. The van der Waals surface area contributed by atoms with Gasteiger partial charge in [-0.1, -0.05) is 24.3 Å². The lowest BCUT2D eigenvalue weighted by Gasteiger charge is -2.33. The number of hydrogen-bond acceptors (Lipinski definition) is 5. The van der Waals surface area contributed by atoms with E-state index in [1.807, 2.05) is 53.4 Å². The molecule has 0 atom stereocenters. The molecule has 4 rings (SSSR count). The minimum Gasteiger partial charge on any atom is -0.497 e. The van der Waals surface area contributed by atoms with E-state index in [1.165, 1.54) is 0 Å². The molecule has 0 bridgehead atoms. The molecule has 2 aromatic carbocycles. The summed E-state index contributed by atoms with van der Waals surface area (Å²) in [5, 5.41) is 5.93. The van der Waals surface area contributed by atoms with Crippen molar-refractivity contribution in [3.63, 3.8) is 0 Å². The molecule has 1 aliphatic heterocycles. The number of nitrogens with zero attached hydrogens (tertiary/aromatic N) is 3. The van der Waals surface area contributed by atoms with Gasteiger partial charge in [0.2, 0.25) is 0 Å². The van der Waals surface area contributed by atoms with Crippen LogP contribution in [0.3, 0.4) is 0 Å². The first-order valence-electron chi connectivity index (χ1n) is 10.4. The highest BCUT2D eigenvalue weighted by atomic mass is 16.5. The first kappa shape index (κ1) is 20.7. The fourth-order valence-electron chi connectivity index (χ4n) is 3.91.